The molecule has 0 unspecified atom stereocenters. The third-order valence-electron chi connectivity index (χ3n) is 1.72. The Morgan fingerprint density at radius 2 is 1.79 bits per heavy atom. The topological polar surface area (TPSA) is 29.5 Å². The summed E-state index contributed by atoms with van der Waals surface area (Å²) in [7, 11) is 0. The molecule has 0 amide bonds. The molecular weight excluding hydrogens is 223 g/mol. The summed E-state index contributed by atoms with van der Waals surface area (Å²) in [6, 6.07) is 5.23. The standard InChI is InChI=1S/C10H12Cl2O2/c11-8-4-3-5-9(12)10(8)14-7-2-1-6-13/h3-5,13H,1-2,6-7H2. The van der Waals surface area contributed by atoms with Crippen molar-refractivity contribution in [2.45, 2.75) is 12.8 Å². The number of aliphatic hydroxyl groups is 1. The zero-order chi connectivity index (χ0) is 10.4. The first-order valence-corrected chi connectivity index (χ1v) is 5.19. The highest BCUT2D eigenvalue weighted by atomic mass is 35.5. The number of hydrogen-bond acceptors (Lipinski definition) is 2. The molecule has 4 heteroatoms. The molecule has 0 saturated heterocycles. The van der Waals surface area contributed by atoms with E-state index in [2.05, 4.69) is 0 Å². The van der Waals surface area contributed by atoms with E-state index in [0.717, 1.165) is 12.8 Å². The quantitative estimate of drug-likeness (QED) is 0.794. The van der Waals surface area contributed by atoms with Crippen molar-refractivity contribution < 1.29 is 9.84 Å². The van der Waals surface area contributed by atoms with Gasteiger partial charge in [0.15, 0.2) is 5.75 Å². The third-order valence-corrected chi connectivity index (χ3v) is 2.31. The van der Waals surface area contributed by atoms with Crippen LogP contribution in [0.15, 0.2) is 18.2 Å². The predicted molar refractivity (Wildman–Crippen MR) is 58.3 cm³/mol. The number of benzene rings is 1. The second kappa shape index (κ2) is 6.12. The number of para-hydroxylation sites is 1. The van der Waals surface area contributed by atoms with Crippen LogP contribution >= 0.6 is 23.2 Å². The molecule has 2 nitrogen and oxygen atoms in total. The van der Waals surface area contributed by atoms with Crippen molar-refractivity contribution in [1.82, 2.24) is 0 Å². The summed E-state index contributed by atoms with van der Waals surface area (Å²) in [5.41, 5.74) is 0. The molecule has 0 radical (unpaired) electrons. The fourth-order valence-corrected chi connectivity index (χ4v) is 1.52. The van der Waals surface area contributed by atoms with E-state index in [-0.39, 0.29) is 6.61 Å². The van der Waals surface area contributed by atoms with Crippen molar-refractivity contribution in [3.8, 4) is 5.75 Å². The minimum absolute atomic E-state index is 0.180. The van der Waals surface area contributed by atoms with E-state index < -0.39 is 0 Å². The minimum atomic E-state index is 0.180. The van der Waals surface area contributed by atoms with Crippen LogP contribution in [0, 0.1) is 0 Å². The Bertz CT molecular complexity index is 269. The van der Waals surface area contributed by atoms with E-state index in [1.54, 1.807) is 18.2 Å². The number of aliphatic hydroxyl groups excluding tert-OH is 1. The van der Waals surface area contributed by atoms with Crippen LogP contribution in [0.5, 0.6) is 5.75 Å². The molecule has 1 aromatic rings. The van der Waals surface area contributed by atoms with Gasteiger partial charge in [-0.05, 0) is 25.0 Å². The van der Waals surface area contributed by atoms with Crippen molar-refractivity contribution in [3.63, 3.8) is 0 Å². The maximum Gasteiger partial charge on any atom is 0.156 e. The third kappa shape index (κ3) is 3.37. The molecule has 0 aliphatic carbocycles. The van der Waals surface area contributed by atoms with Crippen LogP contribution in [0.4, 0.5) is 0 Å². The van der Waals surface area contributed by atoms with Crippen LogP contribution in [0.3, 0.4) is 0 Å². The Kier molecular flexibility index (Phi) is 5.09. The summed E-state index contributed by atoms with van der Waals surface area (Å²) in [4.78, 5) is 0. The molecule has 0 bridgehead atoms. The fraction of sp³-hybridized carbons (Fsp3) is 0.400. The van der Waals surface area contributed by atoms with E-state index in [0.29, 0.717) is 22.4 Å². The molecular formula is C10H12Cl2O2. The number of hydrogen-bond donors (Lipinski definition) is 1. The molecule has 0 aliphatic heterocycles. The molecule has 0 heterocycles. The SMILES string of the molecule is OCCCCOc1c(Cl)cccc1Cl. The van der Waals surface area contributed by atoms with Crippen molar-refractivity contribution >= 4 is 23.2 Å². The Labute approximate surface area is 93.4 Å². The first-order chi connectivity index (χ1) is 6.75. The summed E-state index contributed by atoms with van der Waals surface area (Å²) < 4.78 is 5.39. The van der Waals surface area contributed by atoms with Gasteiger partial charge in [0.25, 0.3) is 0 Å². The molecule has 1 N–H and O–H groups in total. The highest BCUT2D eigenvalue weighted by Crippen LogP contribution is 2.32. The molecule has 0 atom stereocenters. The van der Waals surface area contributed by atoms with Gasteiger partial charge in [-0.3, -0.25) is 0 Å². The van der Waals surface area contributed by atoms with Gasteiger partial charge < -0.3 is 9.84 Å². The summed E-state index contributed by atoms with van der Waals surface area (Å²) in [6.45, 7) is 0.698. The normalized spacial score (nSPS) is 10.2. The first kappa shape index (κ1) is 11.6. The lowest BCUT2D eigenvalue weighted by Gasteiger charge is -2.08. The van der Waals surface area contributed by atoms with Crippen molar-refractivity contribution in [2.75, 3.05) is 13.2 Å². The lowest BCUT2D eigenvalue weighted by atomic mass is 10.3. The van der Waals surface area contributed by atoms with E-state index in [1.165, 1.54) is 0 Å². The van der Waals surface area contributed by atoms with E-state index >= 15 is 0 Å². The molecule has 0 spiro atoms. The Morgan fingerprint density at radius 3 is 2.36 bits per heavy atom. The van der Waals surface area contributed by atoms with Crippen LogP contribution in [0.1, 0.15) is 12.8 Å². The molecule has 0 aromatic heterocycles. The zero-order valence-electron chi connectivity index (χ0n) is 7.67. The summed E-state index contributed by atoms with van der Waals surface area (Å²) in [5.74, 6) is 0.522. The van der Waals surface area contributed by atoms with Crippen LogP contribution < -0.4 is 4.74 Å². The average Bonchev–Trinajstić information content (AvgIpc) is 2.16. The van der Waals surface area contributed by atoms with Crippen molar-refractivity contribution in [2.24, 2.45) is 0 Å². The second-order valence-electron chi connectivity index (χ2n) is 2.83. The van der Waals surface area contributed by atoms with Crippen molar-refractivity contribution in [3.05, 3.63) is 28.2 Å². The van der Waals surface area contributed by atoms with Crippen molar-refractivity contribution in [1.29, 1.82) is 0 Å². The van der Waals surface area contributed by atoms with Gasteiger partial charge in [-0.1, -0.05) is 29.3 Å². The van der Waals surface area contributed by atoms with E-state index in [4.69, 9.17) is 33.0 Å². The summed E-state index contributed by atoms with van der Waals surface area (Å²) >= 11 is 11.8. The molecule has 0 fully saturated rings. The largest absolute Gasteiger partial charge is 0.490 e. The first-order valence-electron chi connectivity index (χ1n) is 4.43. The van der Waals surface area contributed by atoms with Gasteiger partial charge in [-0.15, -0.1) is 0 Å². The summed E-state index contributed by atoms with van der Waals surface area (Å²) in [6.07, 6.45) is 1.51. The second-order valence-corrected chi connectivity index (χ2v) is 3.64. The average molecular weight is 235 g/mol. The van der Waals surface area contributed by atoms with Crippen LogP contribution in [0.2, 0.25) is 10.0 Å². The highest BCUT2D eigenvalue weighted by Gasteiger charge is 2.05. The van der Waals surface area contributed by atoms with Crippen LogP contribution in [-0.4, -0.2) is 18.3 Å². The fourth-order valence-electron chi connectivity index (χ4n) is 1.01. The monoisotopic (exact) mass is 234 g/mol. The molecule has 14 heavy (non-hydrogen) atoms. The van der Waals surface area contributed by atoms with Gasteiger partial charge in [-0.2, -0.15) is 0 Å². The lowest BCUT2D eigenvalue weighted by molar-refractivity contribution is 0.253. The Balaban J connectivity index is 2.49. The van der Waals surface area contributed by atoms with Crippen LogP contribution in [0.25, 0.3) is 0 Å². The number of unbranched alkanes of at least 4 members (excludes halogenated alkanes) is 1. The number of halogens is 2. The van der Waals surface area contributed by atoms with E-state index in [9.17, 15) is 0 Å². The Morgan fingerprint density at radius 1 is 1.14 bits per heavy atom. The Hall–Kier alpha value is -0.440. The van der Waals surface area contributed by atoms with Gasteiger partial charge in [-0.25, -0.2) is 0 Å². The molecule has 0 aliphatic rings. The zero-order valence-corrected chi connectivity index (χ0v) is 9.18. The minimum Gasteiger partial charge on any atom is -0.490 e. The van der Waals surface area contributed by atoms with Gasteiger partial charge in [0, 0.05) is 6.61 Å². The number of ether oxygens (including phenoxy) is 1. The maximum absolute atomic E-state index is 8.56. The smallest absolute Gasteiger partial charge is 0.156 e. The van der Waals surface area contributed by atoms with Crippen LogP contribution in [-0.2, 0) is 0 Å². The molecule has 0 saturated carbocycles. The number of rotatable bonds is 5. The summed E-state index contributed by atoms with van der Waals surface area (Å²) in [5, 5.41) is 9.60. The van der Waals surface area contributed by atoms with Gasteiger partial charge in [0.05, 0.1) is 16.7 Å². The highest BCUT2D eigenvalue weighted by molar-refractivity contribution is 6.37. The lowest BCUT2D eigenvalue weighted by Crippen LogP contribution is -1.99. The molecule has 1 aromatic carbocycles. The van der Waals surface area contributed by atoms with Gasteiger partial charge in [0.1, 0.15) is 0 Å². The molecule has 78 valence electrons. The van der Waals surface area contributed by atoms with Gasteiger partial charge >= 0.3 is 0 Å². The molecule has 1 rings (SSSR count). The predicted octanol–water partition coefficient (Wildman–Crippen LogP) is 3.14. The van der Waals surface area contributed by atoms with E-state index in [1.807, 2.05) is 0 Å². The van der Waals surface area contributed by atoms with Gasteiger partial charge in [0.2, 0.25) is 0 Å². The maximum atomic E-state index is 8.56.